The summed E-state index contributed by atoms with van der Waals surface area (Å²) < 4.78 is 19.2. The number of nitrogens with one attached hydrogen (secondary N) is 2. The normalized spacial score (nSPS) is 18.4. The summed E-state index contributed by atoms with van der Waals surface area (Å²) >= 11 is 0. The van der Waals surface area contributed by atoms with Crippen LogP contribution in [0.25, 0.3) is 0 Å². The van der Waals surface area contributed by atoms with Gasteiger partial charge in [-0.2, -0.15) is 0 Å². The van der Waals surface area contributed by atoms with Crippen molar-refractivity contribution in [2.24, 2.45) is 0 Å². The molecule has 2 atom stereocenters. The number of amides is 3. The van der Waals surface area contributed by atoms with E-state index in [1.807, 2.05) is 13.8 Å². The second-order valence-corrected chi connectivity index (χ2v) is 7.60. The monoisotopic (exact) mass is 427 g/mol. The Morgan fingerprint density at radius 2 is 1.65 bits per heavy atom. The van der Waals surface area contributed by atoms with Gasteiger partial charge in [-0.1, -0.05) is 24.3 Å². The third-order valence-corrected chi connectivity index (χ3v) is 4.93. The molecular formula is C23H26FN3O4. The number of benzene rings is 2. The SMILES string of the molecule is CC1CN(C(=O)c2ccc(CNC(=O)CNC(=O)c3ccccc3F)cc2)CC(C)O1. The molecule has 3 rings (SSSR count). The zero-order valence-electron chi connectivity index (χ0n) is 17.6. The van der Waals surface area contributed by atoms with Gasteiger partial charge in [-0.15, -0.1) is 0 Å². The van der Waals surface area contributed by atoms with E-state index in [4.69, 9.17) is 4.74 Å². The summed E-state index contributed by atoms with van der Waals surface area (Å²) in [5.41, 5.74) is 1.28. The van der Waals surface area contributed by atoms with Gasteiger partial charge in [0, 0.05) is 25.2 Å². The summed E-state index contributed by atoms with van der Waals surface area (Å²) in [7, 11) is 0. The average Bonchev–Trinajstić information content (AvgIpc) is 2.75. The van der Waals surface area contributed by atoms with E-state index in [9.17, 15) is 18.8 Å². The number of rotatable bonds is 6. The van der Waals surface area contributed by atoms with Crippen molar-refractivity contribution in [3.63, 3.8) is 0 Å². The quantitative estimate of drug-likeness (QED) is 0.739. The number of ether oxygens (including phenoxy) is 1. The van der Waals surface area contributed by atoms with Crippen molar-refractivity contribution in [1.29, 1.82) is 0 Å². The second kappa shape index (κ2) is 10.2. The van der Waals surface area contributed by atoms with Crippen LogP contribution in [0.1, 0.15) is 40.1 Å². The number of hydrogen-bond donors (Lipinski definition) is 2. The van der Waals surface area contributed by atoms with Crippen LogP contribution in [0.4, 0.5) is 4.39 Å². The van der Waals surface area contributed by atoms with Gasteiger partial charge in [0.05, 0.1) is 24.3 Å². The van der Waals surface area contributed by atoms with Gasteiger partial charge in [0.2, 0.25) is 5.91 Å². The molecule has 1 heterocycles. The zero-order valence-corrected chi connectivity index (χ0v) is 17.6. The molecule has 31 heavy (non-hydrogen) atoms. The molecule has 2 aromatic rings. The van der Waals surface area contributed by atoms with Crippen molar-refractivity contribution in [3.8, 4) is 0 Å². The molecule has 2 aromatic carbocycles. The molecule has 1 saturated heterocycles. The second-order valence-electron chi connectivity index (χ2n) is 7.60. The maximum absolute atomic E-state index is 13.6. The summed E-state index contributed by atoms with van der Waals surface area (Å²) in [5, 5.41) is 5.08. The van der Waals surface area contributed by atoms with Crippen molar-refractivity contribution in [2.45, 2.75) is 32.6 Å². The van der Waals surface area contributed by atoms with Crippen LogP contribution in [0.15, 0.2) is 48.5 Å². The van der Waals surface area contributed by atoms with Crippen molar-refractivity contribution in [2.75, 3.05) is 19.6 Å². The predicted molar refractivity (Wildman–Crippen MR) is 113 cm³/mol. The molecule has 0 spiro atoms. The van der Waals surface area contributed by atoms with Crippen LogP contribution in [0.5, 0.6) is 0 Å². The standard InChI is InChI=1S/C23H26FN3O4/c1-15-13-27(14-16(2)31-15)23(30)18-9-7-17(8-10-18)11-25-21(28)12-26-22(29)19-5-3-4-6-20(19)24/h3-10,15-16H,11-14H2,1-2H3,(H,25,28)(H,26,29). The molecule has 7 nitrogen and oxygen atoms in total. The first-order chi connectivity index (χ1) is 14.8. The van der Waals surface area contributed by atoms with Crippen molar-refractivity contribution < 1.29 is 23.5 Å². The van der Waals surface area contributed by atoms with Crippen LogP contribution in [-0.2, 0) is 16.1 Å². The van der Waals surface area contributed by atoms with E-state index in [-0.39, 0.29) is 36.8 Å². The molecule has 1 aliphatic heterocycles. The van der Waals surface area contributed by atoms with Gasteiger partial charge in [-0.05, 0) is 43.7 Å². The number of hydrogen-bond acceptors (Lipinski definition) is 4. The Hall–Kier alpha value is -3.26. The Morgan fingerprint density at radius 3 is 2.29 bits per heavy atom. The predicted octanol–water partition coefficient (Wildman–Crippen LogP) is 2.12. The minimum atomic E-state index is -0.650. The highest BCUT2D eigenvalue weighted by atomic mass is 19.1. The highest BCUT2D eigenvalue weighted by Gasteiger charge is 2.26. The fraction of sp³-hybridized carbons (Fsp3) is 0.348. The summed E-state index contributed by atoms with van der Waals surface area (Å²) in [6.45, 7) is 4.98. The highest BCUT2D eigenvalue weighted by Crippen LogP contribution is 2.15. The van der Waals surface area contributed by atoms with Crippen LogP contribution in [0, 0.1) is 5.82 Å². The van der Waals surface area contributed by atoms with Gasteiger partial charge in [-0.25, -0.2) is 4.39 Å². The largest absolute Gasteiger partial charge is 0.372 e. The summed E-state index contributed by atoms with van der Waals surface area (Å²) in [6, 6.07) is 12.6. The van der Waals surface area contributed by atoms with Crippen molar-refractivity contribution in [1.82, 2.24) is 15.5 Å². The molecule has 1 aliphatic rings. The molecule has 0 aliphatic carbocycles. The lowest BCUT2D eigenvalue weighted by Gasteiger charge is -2.35. The Bertz CT molecular complexity index is 938. The molecule has 0 bridgehead atoms. The van der Waals surface area contributed by atoms with E-state index < -0.39 is 17.6 Å². The van der Waals surface area contributed by atoms with Crippen LogP contribution in [-0.4, -0.2) is 54.5 Å². The van der Waals surface area contributed by atoms with Gasteiger partial charge in [0.1, 0.15) is 5.82 Å². The van der Waals surface area contributed by atoms with E-state index in [1.165, 1.54) is 18.2 Å². The Morgan fingerprint density at radius 1 is 1.00 bits per heavy atom. The van der Waals surface area contributed by atoms with Gasteiger partial charge in [-0.3, -0.25) is 14.4 Å². The molecule has 2 N–H and O–H groups in total. The minimum absolute atomic E-state index is 0.000982. The van der Waals surface area contributed by atoms with Gasteiger partial charge < -0.3 is 20.3 Å². The van der Waals surface area contributed by atoms with Crippen molar-refractivity contribution >= 4 is 17.7 Å². The maximum Gasteiger partial charge on any atom is 0.254 e. The van der Waals surface area contributed by atoms with Crippen LogP contribution >= 0.6 is 0 Å². The smallest absolute Gasteiger partial charge is 0.254 e. The third-order valence-electron chi connectivity index (χ3n) is 4.93. The Labute approximate surface area is 180 Å². The third kappa shape index (κ3) is 6.11. The fourth-order valence-electron chi connectivity index (χ4n) is 3.46. The molecule has 3 amide bonds. The number of halogens is 1. The molecule has 0 saturated carbocycles. The van der Waals surface area contributed by atoms with E-state index in [0.717, 1.165) is 5.56 Å². The maximum atomic E-state index is 13.6. The minimum Gasteiger partial charge on any atom is -0.372 e. The van der Waals surface area contributed by atoms with Crippen molar-refractivity contribution in [3.05, 3.63) is 71.0 Å². The van der Waals surface area contributed by atoms with Crippen LogP contribution in [0.3, 0.4) is 0 Å². The zero-order chi connectivity index (χ0) is 22.4. The van der Waals surface area contributed by atoms with Gasteiger partial charge in [0.25, 0.3) is 11.8 Å². The summed E-state index contributed by atoms with van der Waals surface area (Å²) in [5.74, 6) is -1.74. The first kappa shape index (κ1) is 22.4. The molecule has 0 aromatic heterocycles. The lowest BCUT2D eigenvalue weighted by molar-refractivity contribution is -0.120. The first-order valence-electron chi connectivity index (χ1n) is 10.2. The van der Waals surface area contributed by atoms with E-state index >= 15 is 0 Å². The number of carbonyl (C=O) groups is 3. The molecule has 1 fully saturated rings. The lowest BCUT2D eigenvalue weighted by atomic mass is 10.1. The van der Waals surface area contributed by atoms with Gasteiger partial charge >= 0.3 is 0 Å². The summed E-state index contributed by atoms with van der Waals surface area (Å²) in [6.07, 6.45) is 0.00196. The Balaban J connectivity index is 1.46. The van der Waals surface area contributed by atoms with E-state index in [1.54, 1.807) is 35.2 Å². The number of nitrogens with zero attached hydrogens (tertiary/aromatic N) is 1. The summed E-state index contributed by atoms with van der Waals surface area (Å²) in [4.78, 5) is 38.4. The fourth-order valence-corrected chi connectivity index (χ4v) is 3.46. The molecular weight excluding hydrogens is 401 g/mol. The van der Waals surface area contributed by atoms with Gasteiger partial charge in [0.15, 0.2) is 0 Å². The van der Waals surface area contributed by atoms with Crippen LogP contribution < -0.4 is 10.6 Å². The van der Waals surface area contributed by atoms with E-state index in [0.29, 0.717) is 18.7 Å². The molecule has 0 radical (unpaired) electrons. The topological polar surface area (TPSA) is 87.7 Å². The number of morpholine rings is 1. The molecule has 2 unspecified atom stereocenters. The van der Waals surface area contributed by atoms with Crippen LogP contribution in [0.2, 0.25) is 0 Å². The number of carbonyl (C=O) groups excluding carboxylic acids is 3. The first-order valence-corrected chi connectivity index (χ1v) is 10.2. The van der Waals surface area contributed by atoms with E-state index in [2.05, 4.69) is 10.6 Å². The average molecular weight is 427 g/mol. The lowest BCUT2D eigenvalue weighted by Crippen LogP contribution is -2.48. The highest BCUT2D eigenvalue weighted by molar-refractivity contribution is 5.96. The Kier molecular flexibility index (Phi) is 7.36. The molecule has 8 heteroatoms. The molecule has 164 valence electrons.